The maximum absolute atomic E-state index is 13.6. The van der Waals surface area contributed by atoms with Gasteiger partial charge in [0.25, 0.3) is 5.69 Å². The lowest BCUT2D eigenvalue weighted by molar-refractivity contribution is -0.384. The minimum absolute atomic E-state index is 0.111. The van der Waals surface area contributed by atoms with Crippen molar-refractivity contribution >= 4 is 17.3 Å². The van der Waals surface area contributed by atoms with Crippen molar-refractivity contribution in [1.29, 1.82) is 0 Å². The van der Waals surface area contributed by atoms with E-state index in [1.807, 2.05) is 5.32 Å². The van der Waals surface area contributed by atoms with Gasteiger partial charge in [-0.05, 0) is 6.07 Å². The summed E-state index contributed by atoms with van der Waals surface area (Å²) in [6, 6.07) is 1.43. The second-order valence-corrected chi connectivity index (χ2v) is 4.46. The van der Waals surface area contributed by atoms with E-state index in [2.05, 4.69) is 5.32 Å². The van der Waals surface area contributed by atoms with Crippen molar-refractivity contribution in [2.75, 3.05) is 25.0 Å². The number of morpholine rings is 1. The van der Waals surface area contributed by atoms with E-state index < -0.39 is 39.9 Å². The minimum atomic E-state index is -1.46. The maximum Gasteiger partial charge on any atom is 0.296 e. The molecule has 2 rings (SSSR count). The highest BCUT2D eigenvalue weighted by Gasteiger charge is 2.25. The van der Waals surface area contributed by atoms with Crippen molar-refractivity contribution in [1.82, 2.24) is 5.32 Å². The van der Waals surface area contributed by atoms with Crippen molar-refractivity contribution in [3.63, 3.8) is 0 Å². The monoisotopic (exact) mass is 301 g/mol. The summed E-state index contributed by atoms with van der Waals surface area (Å²) in [5.74, 6) is -3.41. The Morgan fingerprint density at radius 3 is 2.90 bits per heavy atom. The number of hydrogen-bond acceptors (Lipinski definition) is 5. The van der Waals surface area contributed by atoms with Gasteiger partial charge >= 0.3 is 0 Å². The topological polar surface area (TPSA) is 93.5 Å². The van der Waals surface area contributed by atoms with Gasteiger partial charge < -0.3 is 15.4 Å². The van der Waals surface area contributed by atoms with E-state index in [0.29, 0.717) is 25.8 Å². The number of anilines is 1. The average Bonchev–Trinajstić information content (AvgIpc) is 2.44. The number of benzene rings is 1. The van der Waals surface area contributed by atoms with E-state index in [-0.39, 0.29) is 6.42 Å². The second kappa shape index (κ2) is 6.55. The van der Waals surface area contributed by atoms with Crippen molar-refractivity contribution in [3.05, 3.63) is 33.9 Å². The summed E-state index contributed by atoms with van der Waals surface area (Å²) in [5.41, 5.74) is -1.47. The fraction of sp³-hybridized carbons (Fsp3) is 0.417. The SMILES string of the molecule is O=C(CC1CNCCO1)Nc1c([N+](=O)[O-])ccc(F)c1F. The molecule has 7 nitrogen and oxygen atoms in total. The van der Waals surface area contributed by atoms with Crippen LogP contribution in [0.25, 0.3) is 0 Å². The molecule has 2 N–H and O–H groups in total. The number of nitro benzene ring substituents is 1. The zero-order valence-corrected chi connectivity index (χ0v) is 10.9. The number of halogens is 2. The van der Waals surface area contributed by atoms with E-state index in [9.17, 15) is 23.7 Å². The third-order valence-corrected chi connectivity index (χ3v) is 2.95. The lowest BCUT2D eigenvalue weighted by atomic mass is 10.2. The first kappa shape index (κ1) is 15.3. The Morgan fingerprint density at radius 1 is 1.52 bits per heavy atom. The normalized spacial score (nSPS) is 18.3. The van der Waals surface area contributed by atoms with Crippen LogP contribution in [0.15, 0.2) is 12.1 Å². The van der Waals surface area contributed by atoms with Gasteiger partial charge in [-0.15, -0.1) is 0 Å². The first-order valence-corrected chi connectivity index (χ1v) is 6.23. The standard InChI is InChI=1S/C12H13F2N3O4/c13-8-1-2-9(17(19)20)12(11(8)14)16-10(18)5-7-6-15-3-4-21-7/h1-2,7,15H,3-6H2,(H,16,18). The van der Waals surface area contributed by atoms with Crippen molar-refractivity contribution in [2.24, 2.45) is 0 Å². The van der Waals surface area contributed by atoms with Gasteiger partial charge in [0.05, 0.1) is 24.1 Å². The molecule has 1 amide bonds. The summed E-state index contributed by atoms with van der Waals surface area (Å²) >= 11 is 0. The molecule has 0 aromatic heterocycles. The fourth-order valence-corrected chi connectivity index (χ4v) is 1.96. The van der Waals surface area contributed by atoms with E-state index in [0.717, 1.165) is 6.07 Å². The van der Waals surface area contributed by atoms with E-state index in [1.54, 1.807) is 0 Å². The quantitative estimate of drug-likeness (QED) is 0.643. The maximum atomic E-state index is 13.6. The molecule has 1 fully saturated rings. The first-order valence-electron chi connectivity index (χ1n) is 6.23. The number of nitrogens with one attached hydrogen (secondary N) is 2. The molecule has 1 saturated heterocycles. The molecule has 1 aromatic carbocycles. The molecule has 114 valence electrons. The predicted octanol–water partition coefficient (Wildman–Crippen LogP) is 1.19. The predicted molar refractivity (Wildman–Crippen MR) is 68.9 cm³/mol. The van der Waals surface area contributed by atoms with Crippen LogP contribution < -0.4 is 10.6 Å². The van der Waals surface area contributed by atoms with Crippen LogP contribution in [-0.2, 0) is 9.53 Å². The number of hydrogen-bond donors (Lipinski definition) is 2. The van der Waals surface area contributed by atoms with E-state index in [4.69, 9.17) is 4.74 Å². The highest BCUT2D eigenvalue weighted by atomic mass is 19.2. The van der Waals surface area contributed by atoms with Gasteiger partial charge in [0.15, 0.2) is 17.3 Å². The molecule has 1 heterocycles. The summed E-state index contributed by atoms with van der Waals surface area (Å²) in [6.45, 7) is 1.55. The van der Waals surface area contributed by atoms with E-state index in [1.165, 1.54) is 0 Å². The Bertz CT molecular complexity index is 562. The molecule has 0 radical (unpaired) electrons. The first-order chi connectivity index (χ1) is 9.99. The van der Waals surface area contributed by atoms with Crippen LogP contribution >= 0.6 is 0 Å². The van der Waals surface area contributed by atoms with Gasteiger partial charge in [0.1, 0.15) is 0 Å². The minimum Gasteiger partial charge on any atom is -0.375 e. The number of ether oxygens (including phenoxy) is 1. The number of amides is 1. The number of nitrogens with zero attached hydrogens (tertiary/aromatic N) is 1. The molecule has 1 aliphatic heterocycles. The average molecular weight is 301 g/mol. The summed E-state index contributed by atoms with van der Waals surface area (Å²) in [5, 5.41) is 15.8. The molecular weight excluding hydrogens is 288 g/mol. The van der Waals surface area contributed by atoms with Crippen molar-refractivity contribution in [3.8, 4) is 0 Å². The molecule has 9 heteroatoms. The molecule has 1 aromatic rings. The Morgan fingerprint density at radius 2 is 2.29 bits per heavy atom. The molecule has 21 heavy (non-hydrogen) atoms. The third-order valence-electron chi connectivity index (χ3n) is 2.95. The second-order valence-electron chi connectivity index (χ2n) is 4.46. The Hall–Kier alpha value is -2.13. The van der Waals surface area contributed by atoms with Crippen LogP contribution in [0.1, 0.15) is 6.42 Å². The van der Waals surface area contributed by atoms with Gasteiger partial charge in [-0.1, -0.05) is 0 Å². The molecular formula is C12H13F2N3O4. The van der Waals surface area contributed by atoms with Gasteiger partial charge in [0.2, 0.25) is 5.91 Å². The number of carbonyl (C=O) groups excluding carboxylic acids is 1. The lowest BCUT2D eigenvalue weighted by Gasteiger charge is -2.23. The summed E-state index contributed by atoms with van der Waals surface area (Å²) < 4.78 is 32.1. The summed E-state index contributed by atoms with van der Waals surface area (Å²) in [6.07, 6.45) is -0.519. The Labute approximate surface area is 118 Å². The molecule has 0 spiro atoms. The van der Waals surface area contributed by atoms with Crippen molar-refractivity contribution in [2.45, 2.75) is 12.5 Å². The number of rotatable bonds is 4. The van der Waals surface area contributed by atoms with Crippen LogP contribution in [-0.4, -0.2) is 36.6 Å². The summed E-state index contributed by atoms with van der Waals surface area (Å²) in [7, 11) is 0. The van der Waals surface area contributed by atoms with Crippen LogP contribution in [0.3, 0.4) is 0 Å². The largest absolute Gasteiger partial charge is 0.375 e. The molecule has 1 unspecified atom stereocenters. The smallest absolute Gasteiger partial charge is 0.296 e. The zero-order chi connectivity index (χ0) is 15.4. The van der Waals surface area contributed by atoms with Gasteiger partial charge in [-0.2, -0.15) is 0 Å². The molecule has 0 saturated carbocycles. The molecule has 1 aliphatic rings. The third kappa shape index (κ3) is 3.70. The summed E-state index contributed by atoms with van der Waals surface area (Å²) in [4.78, 5) is 21.7. The molecule has 0 aliphatic carbocycles. The highest BCUT2D eigenvalue weighted by Crippen LogP contribution is 2.29. The lowest BCUT2D eigenvalue weighted by Crippen LogP contribution is -2.40. The van der Waals surface area contributed by atoms with Gasteiger partial charge in [-0.25, -0.2) is 8.78 Å². The van der Waals surface area contributed by atoms with Crippen LogP contribution in [0.2, 0.25) is 0 Å². The van der Waals surface area contributed by atoms with Crippen LogP contribution in [0.5, 0.6) is 0 Å². The Balaban J connectivity index is 2.12. The molecule has 0 bridgehead atoms. The van der Waals surface area contributed by atoms with Gasteiger partial charge in [-0.3, -0.25) is 14.9 Å². The van der Waals surface area contributed by atoms with E-state index >= 15 is 0 Å². The molecule has 1 atom stereocenters. The highest BCUT2D eigenvalue weighted by molar-refractivity contribution is 5.93. The number of carbonyl (C=O) groups is 1. The number of nitro groups is 1. The van der Waals surface area contributed by atoms with Crippen LogP contribution in [0, 0.1) is 21.7 Å². The van der Waals surface area contributed by atoms with Crippen molar-refractivity contribution < 1.29 is 23.2 Å². The van der Waals surface area contributed by atoms with Crippen LogP contribution in [0.4, 0.5) is 20.2 Å². The van der Waals surface area contributed by atoms with Gasteiger partial charge in [0, 0.05) is 19.2 Å². The Kier molecular flexibility index (Phi) is 4.76. The zero-order valence-electron chi connectivity index (χ0n) is 10.9. The fourth-order valence-electron chi connectivity index (χ4n) is 1.96.